The predicted molar refractivity (Wildman–Crippen MR) is 71.7 cm³/mol. The summed E-state index contributed by atoms with van der Waals surface area (Å²) in [4.78, 5) is 4.69. The van der Waals surface area contributed by atoms with Gasteiger partial charge >= 0.3 is 0 Å². The number of fused-ring (bicyclic) bond motifs is 1. The maximum atomic E-state index is 6.42. The van der Waals surface area contributed by atoms with Crippen LogP contribution in [0.1, 0.15) is 30.7 Å². The van der Waals surface area contributed by atoms with Gasteiger partial charge in [-0.25, -0.2) is 4.98 Å². The number of nitrogens with zero attached hydrogens (tertiary/aromatic N) is 1. The van der Waals surface area contributed by atoms with E-state index in [1.807, 2.05) is 0 Å². The van der Waals surface area contributed by atoms with Crippen LogP contribution in [-0.2, 0) is 5.54 Å². The fraction of sp³-hybridized carbons (Fsp3) is 0.417. The van der Waals surface area contributed by atoms with Gasteiger partial charge in [0.15, 0.2) is 0 Å². The summed E-state index contributed by atoms with van der Waals surface area (Å²) in [6.07, 6.45) is 4.62. The zero-order valence-corrected chi connectivity index (χ0v) is 11.3. The van der Waals surface area contributed by atoms with E-state index in [4.69, 9.17) is 10.7 Å². The molecule has 1 heterocycles. The highest BCUT2D eigenvalue weighted by Crippen LogP contribution is 2.40. The Hall–Kier alpha value is -0.450. The van der Waals surface area contributed by atoms with Gasteiger partial charge < -0.3 is 5.73 Å². The van der Waals surface area contributed by atoms with Crippen LogP contribution in [0.15, 0.2) is 22.7 Å². The molecule has 16 heavy (non-hydrogen) atoms. The molecule has 84 valence electrons. The first kappa shape index (κ1) is 10.7. The summed E-state index contributed by atoms with van der Waals surface area (Å²) < 4.78 is 2.31. The van der Waals surface area contributed by atoms with Gasteiger partial charge in [0.05, 0.1) is 15.8 Å². The number of hydrogen-bond donors (Lipinski definition) is 1. The molecule has 0 atom stereocenters. The Kier molecular flexibility index (Phi) is 2.53. The Bertz CT molecular complexity index is 529. The molecule has 1 aliphatic carbocycles. The molecule has 0 unspecified atom stereocenters. The highest BCUT2D eigenvalue weighted by molar-refractivity contribution is 9.10. The number of nitrogens with two attached hydrogens (primary N) is 1. The van der Waals surface area contributed by atoms with Crippen molar-refractivity contribution in [3.8, 4) is 0 Å². The highest BCUT2D eigenvalue weighted by Gasteiger charge is 2.34. The molecule has 0 radical (unpaired) electrons. The van der Waals surface area contributed by atoms with Gasteiger partial charge in [0.25, 0.3) is 0 Å². The lowest BCUT2D eigenvalue weighted by Gasteiger charge is -2.19. The molecule has 2 nitrogen and oxygen atoms in total. The van der Waals surface area contributed by atoms with E-state index in [9.17, 15) is 0 Å². The second-order valence-corrected chi connectivity index (χ2v) is 6.44. The van der Waals surface area contributed by atoms with Gasteiger partial charge in [-0.15, -0.1) is 11.3 Å². The molecular formula is C12H13BrN2S. The molecule has 2 N–H and O–H groups in total. The van der Waals surface area contributed by atoms with Crippen LogP contribution in [-0.4, -0.2) is 4.98 Å². The first-order chi connectivity index (χ1) is 7.67. The van der Waals surface area contributed by atoms with Gasteiger partial charge in [-0.2, -0.15) is 0 Å². The minimum Gasteiger partial charge on any atom is -0.319 e. The quantitative estimate of drug-likeness (QED) is 0.870. The fourth-order valence-corrected chi connectivity index (χ4v) is 3.79. The molecule has 1 aromatic carbocycles. The smallest absolute Gasteiger partial charge is 0.114 e. The monoisotopic (exact) mass is 296 g/mol. The minimum atomic E-state index is -0.157. The van der Waals surface area contributed by atoms with Crippen LogP contribution in [0.5, 0.6) is 0 Å². The van der Waals surface area contributed by atoms with E-state index in [1.165, 1.54) is 17.5 Å². The molecular weight excluding hydrogens is 284 g/mol. The number of benzene rings is 1. The molecule has 1 aliphatic rings. The molecule has 1 fully saturated rings. The normalized spacial score (nSPS) is 19.4. The second-order valence-electron chi connectivity index (χ2n) is 4.49. The van der Waals surface area contributed by atoms with E-state index < -0.39 is 0 Å². The van der Waals surface area contributed by atoms with Gasteiger partial charge in [-0.3, -0.25) is 0 Å². The van der Waals surface area contributed by atoms with E-state index in [0.29, 0.717) is 0 Å². The van der Waals surface area contributed by atoms with Gasteiger partial charge in [0.2, 0.25) is 0 Å². The average Bonchev–Trinajstić information content (AvgIpc) is 2.84. The maximum Gasteiger partial charge on any atom is 0.114 e. The molecule has 1 saturated carbocycles. The lowest BCUT2D eigenvalue weighted by atomic mass is 10.0. The number of thiazole rings is 1. The number of halogens is 1. The molecule has 1 aromatic heterocycles. The summed E-state index contributed by atoms with van der Waals surface area (Å²) in [5, 5.41) is 1.11. The van der Waals surface area contributed by atoms with Gasteiger partial charge in [-0.1, -0.05) is 28.8 Å². The average molecular weight is 297 g/mol. The zero-order valence-electron chi connectivity index (χ0n) is 8.87. The Labute approximate surface area is 107 Å². The van der Waals surface area contributed by atoms with Crippen LogP contribution in [0.3, 0.4) is 0 Å². The number of hydrogen-bond acceptors (Lipinski definition) is 3. The van der Waals surface area contributed by atoms with Crippen LogP contribution in [0, 0.1) is 0 Å². The highest BCUT2D eigenvalue weighted by atomic mass is 79.9. The molecule has 0 spiro atoms. The van der Waals surface area contributed by atoms with Crippen LogP contribution in [0.4, 0.5) is 0 Å². The van der Waals surface area contributed by atoms with Crippen LogP contribution in [0.2, 0.25) is 0 Å². The van der Waals surface area contributed by atoms with E-state index in [1.54, 1.807) is 11.3 Å². The first-order valence-corrected chi connectivity index (χ1v) is 7.14. The second kappa shape index (κ2) is 3.79. The van der Waals surface area contributed by atoms with Crippen LogP contribution < -0.4 is 5.73 Å². The molecule has 0 bridgehead atoms. The van der Waals surface area contributed by atoms with Crippen LogP contribution in [0.25, 0.3) is 10.2 Å². The Morgan fingerprint density at radius 3 is 2.81 bits per heavy atom. The summed E-state index contributed by atoms with van der Waals surface area (Å²) in [6, 6.07) is 6.23. The summed E-state index contributed by atoms with van der Waals surface area (Å²) in [5.74, 6) is 0. The molecule has 0 amide bonds. The van der Waals surface area contributed by atoms with Crippen molar-refractivity contribution in [3.63, 3.8) is 0 Å². The SMILES string of the molecule is NC1(c2nc3cc(Br)ccc3s2)CCCC1. The van der Waals surface area contributed by atoms with E-state index in [2.05, 4.69) is 34.1 Å². The van der Waals surface area contributed by atoms with Crippen molar-refractivity contribution >= 4 is 37.5 Å². The van der Waals surface area contributed by atoms with Crippen molar-refractivity contribution in [1.82, 2.24) is 4.98 Å². The molecule has 3 rings (SSSR count). The Morgan fingerprint density at radius 2 is 2.06 bits per heavy atom. The van der Waals surface area contributed by atoms with Crippen molar-refractivity contribution in [2.45, 2.75) is 31.2 Å². The molecule has 4 heteroatoms. The van der Waals surface area contributed by atoms with E-state index in [0.717, 1.165) is 27.8 Å². The lowest BCUT2D eigenvalue weighted by Crippen LogP contribution is -2.32. The standard InChI is InChI=1S/C12H13BrN2S/c13-8-3-4-10-9(7-8)15-11(16-10)12(14)5-1-2-6-12/h3-4,7H,1-2,5-6,14H2. The van der Waals surface area contributed by atoms with E-state index >= 15 is 0 Å². The van der Waals surface area contributed by atoms with Crippen molar-refractivity contribution in [3.05, 3.63) is 27.7 Å². The third-order valence-corrected chi connectivity index (χ3v) is 5.02. The van der Waals surface area contributed by atoms with Gasteiger partial charge in [0, 0.05) is 4.47 Å². The first-order valence-electron chi connectivity index (χ1n) is 5.53. The summed E-state index contributed by atoms with van der Waals surface area (Å²) >= 11 is 5.22. The predicted octanol–water partition coefficient (Wildman–Crippen LogP) is 3.79. The number of aromatic nitrogens is 1. The van der Waals surface area contributed by atoms with Crippen molar-refractivity contribution in [2.75, 3.05) is 0 Å². The zero-order chi connectivity index (χ0) is 11.2. The topological polar surface area (TPSA) is 38.9 Å². The van der Waals surface area contributed by atoms with Crippen molar-refractivity contribution in [2.24, 2.45) is 5.73 Å². The molecule has 0 aliphatic heterocycles. The van der Waals surface area contributed by atoms with Gasteiger partial charge in [0.1, 0.15) is 5.01 Å². The lowest BCUT2D eigenvalue weighted by molar-refractivity contribution is 0.460. The third kappa shape index (κ3) is 1.69. The van der Waals surface area contributed by atoms with Crippen molar-refractivity contribution < 1.29 is 0 Å². The summed E-state index contributed by atoms with van der Waals surface area (Å²) in [6.45, 7) is 0. The molecule has 0 saturated heterocycles. The fourth-order valence-electron chi connectivity index (χ4n) is 2.33. The maximum absolute atomic E-state index is 6.42. The molecule has 2 aromatic rings. The van der Waals surface area contributed by atoms with Gasteiger partial charge in [-0.05, 0) is 31.0 Å². The largest absolute Gasteiger partial charge is 0.319 e. The minimum absolute atomic E-state index is 0.157. The Morgan fingerprint density at radius 1 is 1.31 bits per heavy atom. The van der Waals surface area contributed by atoms with E-state index in [-0.39, 0.29) is 5.54 Å². The van der Waals surface area contributed by atoms with Crippen molar-refractivity contribution in [1.29, 1.82) is 0 Å². The third-order valence-electron chi connectivity index (χ3n) is 3.27. The van der Waals surface area contributed by atoms with Crippen LogP contribution >= 0.6 is 27.3 Å². The Balaban J connectivity index is 2.11. The number of rotatable bonds is 1. The summed E-state index contributed by atoms with van der Waals surface area (Å²) in [5.41, 5.74) is 7.32. The summed E-state index contributed by atoms with van der Waals surface area (Å²) in [7, 11) is 0.